The van der Waals surface area contributed by atoms with Gasteiger partial charge in [0.15, 0.2) is 0 Å². The summed E-state index contributed by atoms with van der Waals surface area (Å²) >= 11 is 0. The van der Waals surface area contributed by atoms with E-state index >= 15 is 0 Å². The maximum atomic E-state index is 5.82. The number of hydrogen-bond acceptors (Lipinski definition) is 4. The Balaban J connectivity index is 2.81. The molecule has 0 aliphatic heterocycles. The summed E-state index contributed by atoms with van der Waals surface area (Å²) in [5, 5.41) is 3.44. The van der Waals surface area contributed by atoms with Crippen LogP contribution in [0.1, 0.15) is 45.3 Å². The molecule has 0 spiro atoms. The van der Waals surface area contributed by atoms with E-state index in [0.717, 1.165) is 31.7 Å². The first-order valence-corrected chi connectivity index (χ1v) is 6.44. The van der Waals surface area contributed by atoms with E-state index in [2.05, 4.69) is 29.1 Å². The molecule has 0 aliphatic carbocycles. The molecule has 0 aliphatic rings. The molecule has 96 valence electrons. The van der Waals surface area contributed by atoms with Crippen LogP contribution in [0.25, 0.3) is 0 Å². The summed E-state index contributed by atoms with van der Waals surface area (Å²) in [6, 6.07) is 0.133. The third kappa shape index (κ3) is 4.40. The zero-order valence-corrected chi connectivity index (χ0v) is 11.0. The zero-order chi connectivity index (χ0) is 12.5. The SMILES string of the molecule is CCCC(OCC)C(NCC)c1cnccn1. The van der Waals surface area contributed by atoms with Gasteiger partial charge in [-0.25, -0.2) is 0 Å². The molecule has 0 bridgehead atoms. The van der Waals surface area contributed by atoms with Crippen LogP contribution in [0.4, 0.5) is 0 Å². The average molecular weight is 237 g/mol. The molecule has 1 rings (SSSR count). The predicted octanol–water partition coefficient (Wildman–Crippen LogP) is 2.33. The fourth-order valence-corrected chi connectivity index (χ4v) is 1.96. The summed E-state index contributed by atoms with van der Waals surface area (Å²) in [7, 11) is 0. The molecule has 1 aromatic heterocycles. The second kappa shape index (κ2) is 8.14. The van der Waals surface area contributed by atoms with Crippen molar-refractivity contribution in [2.75, 3.05) is 13.2 Å². The van der Waals surface area contributed by atoms with Crippen molar-refractivity contribution in [3.63, 3.8) is 0 Å². The number of rotatable bonds is 8. The topological polar surface area (TPSA) is 47.0 Å². The molecule has 0 radical (unpaired) electrons. The standard InChI is InChI=1S/C13H23N3O/c1-4-7-12(17-6-3)13(15-5-2)11-10-14-8-9-16-11/h8-10,12-13,15H,4-7H2,1-3H3. The van der Waals surface area contributed by atoms with Crippen LogP contribution < -0.4 is 5.32 Å². The van der Waals surface area contributed by atoms with Crippen LogP contribution in [0.5, 0.6) is 0 Å². The predicted molar refractivity (Wildman–Crippen MR) is 68.8 cm³/mol. The van der Waals surface area contributed by atoms with Gasteiger partial charge in [-0.15, -0.1) is 0 Å². The summed E-state index contributed by atoms with van der Waals surface area (Å²) < 4.78 is 5.82. The molecule has 17 heavy (non-hydrogen) atoms. The monoisotopic (exact) mass is 237 g/mol. The van der Waals surface area contributed by atoms with Gasteiger partial charge in [-0.3, -0.25) is 9.97 Å². The lowest BCUT2D eigenvalue weighted by molar-refractivity contribution is 0.0268. The molecule has 1 N–H and O–H groups in total. The van der Waals surface area contributed by atoms with Crippen LogP contribution in [0, 0.1) is 0 Å². The van der Waals surface area contributed by atoms with Crippen molar-refractivity contribution in [2.45, 2.75) is 45.8 Å². The van der Waals surface area contributed by atoms with E-state index in [1.54, 1.807) is 12.4 Å². The lowest BCUT2D eigenvalue weighted by Gasteiger charge is -2.26. The van der Waals surface area contributed by atoms with Gasteiger partial charge in [-0.2, -0.15) is 0 Å². The largest absolute Gasteiger partial charge is 0.376 e. The number of aromatic nitrogens is 2. The number of hydrogen-bond donors (Lipinski definition) is 1. The van der Waals surface area contributed by atoms with Crippen LogP contribution in [-0.4, -0.2) is 29.2 Å². The first-order chi connectivity index (χ1) is 8.33. The van der Waals surface area contributed by atoms with E-state index in [-0.39, 0.29) is 12.1 Å². The van der Waals surface area contributed by atoms with Crippen molar-refractivity contribution < 1.29 is 4.74 Å². The maximum Gasteiger partial charge on any atom is 0.0785 e. The fraction of sp³-hybridized carbons (Fsp3) is 0.692. The van der Waals surface area contributed by atoms with Gasteiger partial charge in [0, 0.05) is 19.0 Å². The van der Waals surface area contributed by atoms with Gasteiger partial charge in [-0.05, 0) is 19.9 Å². The van der Waals surface area contributed by atoms with Crippen molar-refractivity contribution in [2.24, 2.45) is 0 Å². The Morgan fingerprint density at radius 3 is 2.65 bits per heavy atom. The van der Waals surface area contributed by atoms with Gasteiger partial charge in [-0.1, -0.05) is 20.3 Å². The van der Waals surface area contributed by atoms with E-state index in [9.17, 15) is 0 Å². The summed E-state index contributed by atoms with van der Waals surface area (Å²) in [6.45, 7) is 7.92. The Morgan fingerprint density at radius 2 is 2.12 bits per heavy atom. The Labute approximate surface area is 104 Å². The van der Waals surface area contributed by atoms with Crippen molar-refractivity contribution in [3.8, 4) is 0 Å². The van der Waals surface area contributed by atoms with Crippen LogP contribution in [0.2, 0.25) is 0 Å². The summed E-state index contributed by atoms with van der Waals surface area (Å²) in [4.78, 5) is 8.51. The Bertz CT molecular complexity index is 286. The average Bonchev–Trinajstić information content (AvgIpc) is 2.37. The van der Waals surface area contributed by atoms with Crippen molar-refractivity contribution in [1.82, 2.24) is 15.3 Å². The quantitative estimate of drug-likeness (QED) is 0.754. The first kappa shape index (κ1) is 14.1. The molecular weight excluding hydrogens is 214 g/mol. The van der Waals surface area contributed by atoms with E-state index in [1.807, 2.05) is 13.1 Å². The highest BCUT2D eigenvalue weighted by molar-refractivity contribution is 5.05. The van der Waals surface area contributed by atoms with E-state index in [0.29, 0.717) is 0 Å². The van der Waals surface area contributed by atoms with E-state index < -0.39 is 0 Å². The van der Waals surface area contributed by atoms with Crippen LogP contribution in [-0.2, 0) is 4.74 Å². The maximum absolute atomic E-state index is 5.82. The van der Waals surface area contributed by atoms with E-state index in [4.69, 9.17) is 4.74 Å². The molecule has 0 fully saturated rings. The van der Waals surface area contributed by atoms with Crippen molar-refractivity contribution in [1.29, 1.82) is 0 Å². The highest BCUT2D eigenvalue weighted by Gasteiger charge is 2.23. The molecule has 0 saturated carbocycles. The summed E-state index contributed by atoms with van der Waals surface area (Å²) in [5.74, 6) is 0. The molecule has 4 heteroatoms. The smallest absolute Gasteiger partial charge is 0.0785 e. The normalized spacial score (nSPS) is 14.5. The van der Waals surface area contributed by atoms with Gasteiger partial charge in [0.2, 0.25) is 0 Å². The van der Waals surface area contributed by atoms with Crippen molar-refractivity contribution >= 4 is 0 Å². The van der Waals surface area contributed by atoms with Crippen LogP contribution >= 0.6 is 0 Å². The minimum absolute atomic E-state index is 0.133. The molecule has 0 amide bonds. The number of nitrogens with zero attached hydrogens (tertiary/aromatic N) is 2. The number of ether oxygens (including phenoxy) is 1. The molecular formula is C13H23N3O. The van der Waals surface area contributed by atoms with Crippen LogP contribution in [0.3, 0.4) is 0 Å². The fourth-order valence-electron chi connectivity index (χ4n) is 1.96. The summed E-state index contributed by atoms with van der Waals surface area (Å²) in [6.07, 6.45) is 7.54. The molecule has 0 saturated heterocycles. The molecule has 2 atom stereocenters. The lowest BCUT2D eigenvalue weighted by Crippen LogP contribution is -2.34. The summed E-state index contributed by atoms with van der Waals surface area (Å²) in [5.41, 5.74) is 0.959. The second-order valence-electron chi connectivity index (χ2n) is 3.95. The Morgan fingerprint density at radius 1 is 1.29 bits per heavy atom. The molecule has 1 aromatic rings. The third-order valence-electron chi connectivity index (χ3n) is 2.65. The van der Waals surface area contributed by atoms with Crippen molar-refractivity contribution in [3.05, 3.63) is 24.3 Å². The van der Waals surface area contributed by atoms with Gasteiger partial charge < -0.3 is 10.1 Å². The molecule has 2 unspecified atom stereocenters. The van der Waals surface area contributed by atoms with Gasteiger partial charge in [0.1, 0.15) is 0 Å². The van der Waals surface area contributed by atoms with Crippen LogP contribution in [0.15, 0.2) is 18.6 Å². The lowest BCUT2D eigenvalue weighted by atomic mass is 10.0. The number of likely N-dealkylation sites (N-methyl/N-ethyl adjacent to an activating group) is 1. The first-order valence-electron chi connectivity index (χ1n) is 6.44. The molecule has 4 nitrogen and oxygen atoms in total. The highest BCUT2D eigenvalue weighted by atomic mass is 16.5. The van der Waals surface area contributed by atoms with Gasteiger partial charge in [0.05, 0.1) is 24.0 Å². The second-order valence-corrected chi connectivity index (χ2v) is 3.95. The number of nitrogens with one attached hydrogen (secondary N) is 1. The molecule has 1 heterocycles. The zero-order valence-electron chi connectivity index (χ0n) is 11.0. The Hall–Kier alpha value is -1.00. The minimum Gasteiger partial charge on any atom is -0.376 e. The highest BCUT2D eigenvalue weighted by Crippen LogP contribution is 2.20. The van der Waals surface area contributed by atoms with Gasteiger partial charge in [0.25, 0.3) is 0 Å². The minimum atomic E-state index is 0.133. The molecule has 0 aromatic carbocycles. The van der Waals surface area contributed by atoms with Gasteiger partial charge >= 0.3 is 0 Å². The third-order valence-corrected chi connectivity index (χ3v) is 2.65. The Kier molecular flexibility index (Phi) is 6.74. The van der Waals surface area contributed by atoms with E-state index in [1.165, 1.54) is 0 Å².